The van der Waals surface area contributed by atoms with Gasteiger partial charge in [0.1, 0.15) is 5.82 Å². The van der Waals surface area contributed by atoms with E-state index in [0.717, 1.165) is 16.8 Å². The zero-order valence-electron chi connectivity index (χ0n) is 17.8. The lowest BCUT2D eigenvalue weighted by Gasteiger charge is -2.12. The lowest BCUT2D eigenvalue weighted by atomic mass is 9.79. The summed E-state index contributed by atoms with van der Waals surface area (Å²) >= 11 is 0. The Hall–Kier alpha value is -3.87. The van der Waals surface area contributed by atoms with Gasteiger partial charge in [0.15, 0.2) is 5.65 Å². The number of pyridine rings is 1. The minimum atomic E-state index is -1.53. The third kappa shape index (κ3) is 3.91. The summed E-state index contributed by atoms with van der Waals surface area (Å²) < 4.78 is 1.65. The topological polar surface area (TPSA) is 155 Å². The Kier molecular flexibility index (Phi) is 5.25. The molecule has 0 bridgehead atoms. The highest BCUT2D eigenvalue weighted by Crippen LogP contribution is 2.29. The van der Waals surface area contributed by atoms with Crippen molar-refractivity contribution < 1.29 is 14.8 Å². The Balaban J connectivity index is 1.54. The van der Waals surface area contributed by atoms with E-state index in [1.54, 1.807) is 40.9 Å². The summed E-state index contributed by atoms with van der Waals surface area (Å²) in [5.74, 6) is 0.852. The van der Waals surface area contributed by atoms with Crippen LogP contribution in [-0.2, 0) is 19.6 Å². The SMILES string of the molecule is CN1Cc2nc(-c3nnc4c(C(N)=O)cccn34)nc(NCc3cccc(B(O)O)c3)c2C1. The van der Waals surface area contributed by atoms with Gasteiger partial charge < -0.3 is 21.1 Å². The number of hydrogen-bond donors (Lipinski definition) is 4. The van der Waals surface area contributed by atoms with Gasteiger partial charge >= 0.3 is 7.12 Å². The van der Waals surface area contributed by atoms with Crippen LogP contribution in [0, 0.1) is 0 Å². The Morgan fingerprint density at radius 2 is 2.03 bits per heavy atom. The van der Waals surface area contributed by atoms with Crippen molar-refractivity contribution in [2.45, 2.75) is 19.6 Å². The molecular formula is C21H21BN8O3. The van der Waals surface area contributed by atoms with E-state index in [2.05, 4.69) is 20.4 Å². The number of amides is 1. The van der Waals surface area contributed by atoms with E-state index in [4.69, 9.17) is 15.7 Å². The number of carbonyl (C=O) groups excluding carboxylic acids is 1. The summed E-state index contributed by atoms with van der Waals surface area (Å²) in [6, 6.07) is 10.3. The van der Waals surface area contributed by atoms with Gasteiger partial charge in [-0.1, -0.05) is 24.3 Å². The summed E-state index contributed by atoms with van der Waals surface area (Å²) in [5, 5.41) is 30.6. The van der Waals surface area contributed by atoms with Gasteiger partial charge in [0.05, 0.1) is 11.3 Å². The van der Waals surface area contributed by atoms with E-state index in [0.29, 0.717) is 48.2 Å². The van der Waals surface area contributed by atoms with Crippen molar-refractivity contribution >= 4 is 30.0 Å². The molecule has 0 unspecified atom stereocenters. The Bertz CT molecular complexity index is 1370. The van der Waals surface area contributed by atoms with Gasteiger partial charge in [0, 0.05) is 31.4 Å². The monoisotopic (exact) mass is 444 g/mol. The molecular weight excluding hydrogens is 423 g/mol. The number of benzene rings is 1. The average molecular weight is 444 g/mol. The summed E-state index contributed by atoms with van der Waals surface area (Å²) in [7, 11) is 0.475. The molecule has 166 valence electrons. The number of anilines is 1. The van der Waals surface area contributed by atoms with Crippen molar-refractivity contribution in [1.82, 2.24) is 29.5 Å². The maximum Gasteiger partial charge on any atom is 0.488 e. The minimum Gasteiger partial charge on any atom is -0.423 e. The van der Waals surface area contributed by atoms with Crippen LogP contribution in [0.2, 0.25) is 0 Å². The molecule has 4 heterocycles. The van der Waals surface area contributed by atoms with Crippen LogP contribution in [-0.4, -0.2) is 59.6 Å². The first-order chi connectivity index (χ1) is 15.9. The molecule has 0 spiro atoms. The number of rotatable bonds is 6. The van der Waals surface area contributed by atoms with E-state index < -0.39 is 13.0 Å². The van der Waals surface area contributed by atoms with Gasteiger partial charge in [-0.05, 0) is 30.2 Å². The predicted molar refractivity (Wildman–Crippen MR) is 121 cm³/mol. The molecule has 0 saturated carbocycles. The van der Waals surface area contributed by atoms with Crippen molar-refractivity contribution in [3.8, 4) is 11.6 Å². The fourth-order valence-electron chi connectivity index (χ4n) is 3.97. The lowest BCUT2D eigenvalue weighted by Crippen LogP contribution is -2.30. The van der Waals surface area contributed by atoms with Gasteiger partial charge in [0.25, 0.3) is 5.91 Å². The number of nitrogens with one attached hydrogen (secondary N) is 1. The second-order valence-corrected chi connectivity index (χ2v) is 7.97. The van der Waals surface area contributed by atoms with Crippen LogP contribution in [0.3, 0.4) is 0 Å². The van der Waals surface area contributed by atoms with Crippen LogP contribution in [0.1, 0.15) is 27.2 Å². The second-order valence-electron chi connectivity index (χ2n) is 7.97. The third-order valence-electron chi connectivity index (χ3n) is 5.55. The molecule has 0 saturated heterocycles. The van der Waals surface area contributed by atoms with E-state index in [-0.39, 0.29) is 5.56 Å². The van der Waals surface area contributed by atoms with Crippen LogP contribution in [0.25, 0.3) is 17.3 Å². The molecule has 3 aromatic heterocycles. The van der Waals surface area contributed by atoms with Gasteiger partial charge in [0.2, 0.25) is 11.6 Å². The number of aromatic nitrogens is 5. The lowest BCUT2D eigenvalue weighted by molar-refractivity contribution is 0.100. The predicted octanol–water partition coefficient (Wildman–Crippen LogP) is -0.478. The van der Waals surface area contributed by atoms with Crippen molar-refractivity contribution in [1.29, 1.82) is 0 Å². The minimum absolute atomic E-state index is 0.265. The average Bonchev–Trinajstić information content (AvgIpc) is 3.40. The zero-order valence-corrected chi connectivity index (χ0v) is 17.8. The van der Waals surface area contributed by atoms with E-state index in [9.17, 15) is 14.8 Å². The highest BCUT2D eigenvalue weighted by atomic mass is 16.4. The maximum absolute atomic E-state index is 11.8. The third-order valence-corrected chi connectivity index (χ3v) is 5.55. The van der Waals surface area contributed by atoms with E-state index in [1.165, 1.54) is 0 Å². The van der Waals surface area contributed by atoms with Crippen molar-refractivity contribution in [3.63, 3.8) is 0 Å². The molecule has 0 atom stereocenters. The van der Waals surface area contributed by atoms with Crippen LogP contribution in [0.15, 0.2) is 42.6 Å². The molecule has 5 rings (SSSR count). The van der Waals surface area contributed by atoms with Crippen LogP contribution in [0.4, 0.5) is 5.82 Å². The van der Waals surface area contributed by atoms with Crippen molar-refractivity contribution in [3.05, 3.63) is 65.0 Å². The van der Waals surface area contributed by atoms with Crippen LogP contribution >= 0.6 is 0 Å². The van der Waals surface area contributed by atoms with Gasteiger partial charge in [-0.3, -0.25) is 14.1 Å². The fourth-order valence-corrected chi connectivity index (χ4v) is 3.97. The number of primary amides is 1. The first-order valence-electron chi connectivity index (χ1n) is 10.3. The maximum atomic E-state index is 11.8. The molecule has 4 aromatic rings. The summed E-state index contributed by atoms with van der Waals surface area (Å²) in [6.45, 7) is 1.79. The van der Waals surface area contributed by atoms with Gasteiger partial charge in [-0.2, -0.15) is 0 Å². The van der Waals surface area contributed by atoms with E-state index >= 15 is 0 Å². The molecule has 12 heteroatoms. The first kappa shape index (κ1) is 21.0. The van der Waals surface area contributed by atoms with Crippen LogP contribution in [0.5, 0.6) is 0 Å². The molecule has 0 aliphatic carbocycles. The van der Waals surface area contributed by atoms with E-state index in [1.807, 2.05) is 13.1 Å². The summed E-state index contributed by atoms with van der Waals surface area (Å²) in [4.78, 5) is 23.3. The molecule has 1 aliphatic rings. The molecule has 0 fully saturated rings. The van der Waals surface area contributed by atoms with Crippen molar-refractivity contribution in [2.75, 3.05) is 12.4 Å². The number of fused-ring (bicyclic) bond motifs is 2. The molecule has 1 amide bonds. The van der Waals surface area contributed by atoms with Gasteiger partial charge in [-0.25, -0.2) is 9.97 Å². The molecule has 1 aromatic carbocycles. The molecule has 11 nitrogen and oxygen atoms in total. The number of carbonyl (C=O) groups is 1. The molecule has 1 aliphatic heterocycles. The first-order valence-corrected chi connectivity index (χ1v) is 10.3. The molecule has 0 radical (unpaired) electrons. The number of hydrogen-bond acceptors (Lipinski definition) is 9. The highest BCUT2D eigenvalue weighted by molar-refractivity contribution is 6.58. The number of nitrogens with zero attached hydrogens (tertiary/aromatic N) is 6. The van der Waals surface area contributed by atoms with Gasteiger partial charge in [-0.15, -0.1) is 10.2 Å². The molecule has 33 heavy (non-hydrogen) atoms. The Morgan fingerprint density at radius 3 is 2.82 bits per heavy atom. The smallest absolute Gasteiger partial charge is 0.423 e. The quantitative estimate of drug-likeness (QED) is 0.289. The largest absolute Gasteiger partial charge is 0.488 e. The normalized spacial score (nSPS) is 13.3. The summed E-state index contributed by atoms with van der Waals surface area (Å²) in [5.41, 5.74) is 9.24. The Labute approximate surface area is 189 Å². The highest BCUT2D eigenvalue weighted by Gasteiger charge is 2.25. The number of nitrogens with two attached hydrogens (primary N) is 1. The second kappa shape index (κ2) is 8.24. The van der Waals surface area contributed by atoms with Crippen LogP contribution < -0.4 is 16.5 Å². The fraction of sp³-hybridized carbons (Fsp3) is 0.190. The Morgan fingerprint density at radius 1 is 1.18 bits per heavy atom. The molecule has 5 N–H and O–H groups in total. The summed E-state index contributed by atoms with van der Waals surface area (Å²) in [6.07, 6.45) is 1.73. The van der Waals surface area contributed by atoms with Crippen molar-refractivity contribution in [2.24, 2.45) is 5.73 Å². The zero-order chi connectivity index (χ0) is 23.1. The standard InChI is InChI=1S/C21H21BN8O3/c1-29-10-15-16(11-29)25-19(21-28-27-20-14(17(23)31)6-3-7-30(20)21)26-18(15)24-9-12-4-2-5-13(8-12)22(32)33/h2-8,32-33H,9-11H2,1H3,(H2,23,31)(H,24,25,26).